The molecule has 6 nitrogen and oxygen atoms in total. The number of aromatic nitrogens is 2. The van der Waals surface area contributed by atoms with Gasteiger partial charge in [-0.2, -0.15) is 0 Å². The first-order chi connectivity index (χ1) is 14.5. The van der Waals surface area contributed by atoms with Crippen LogP contribution in [0.3, 0.4) is 0 Å². The van der Waals surface area contributed by atoms with Crippen molar-refractivity contribution in [3.05, 3.63) is 60.0 Å². The number of nitrogens with zero attached hydrogens (tertiary/aromatic N) is 2. The standard InChI is InChI=1S/C24H30N4O2/c1-16(2)28-11-8-20(9-12-28)30-21-6-7-22-19(13-21)14-23(27-22)24(29)26-17(3)18-5-4-10-25-15-18/h4-7,10,13-17,20,27H,8-9,11-12H2,1-3H3,(H,26,29). The van der Waals surface area contributed by atoms with Crippen molar-refractivity contribution in [2.75, 3.05) is 13.1 Å². The van der Waals surface area contributed by atoms with Crippen LogP contribution in [0.25, 0.3) is 10.9 Å². The molecule has 1 amide bonds. The minimum absolute atomic E-state index is 0.117. The molecule has 30 heavy (non-hydrogen) atoms. The number of piperidine rings is 1. The minimum atomic E-state index is -0.133. The van der Waals surface area contributed by atoms with Crippen LogP contribution in [0.1, 0.15) is 55.7 Å². The van der Waals surface area contributed by atoms with E-state index in [4.69, 9.17) is 4.74 Å². The maximum Gasteiger partial charge on any atom is 0.268 e. The summed E-state index contributed by atoms with van der Waals surface area (Å²) in [6, 6.07) is 12.2. The number of hydrogen-bond donors (Lipinski definition) is 2. The molecule has 158 valence electrons. The highest BCUT2D eigenvalue weighted by Crippen LogP contribution is 2.25. The molecule has 0 saturated carbocycles. The Morgan fingerprint density at radius 1 is 1.20 bits per heavy atom. The number of likely N-dealkylation sites (tertiary alicyclic amines) is 1. The molecule has 6 heteroatoms. The maximum atomic E-state index is 12.7. The van der Waals surface area contributed by atoms with Gasteiger partial charge in [-0.05, 0) is 69.5 Å². The van der Waals surface area contributed by atoms with E-state index < -0.39 is 0 Å². The van der Waals surface area contributed by atoms with Gasteiger partial charge in [0.05, 0.1) is 6.04 Å². The van der Waals surface area contributed by atoms with Gasteiger partial charge < -0.3 is 19.9 Å². The summed E-state index contributed by atoms with van der Waals surface area (Å²) in [6.07, 6.45) is 5.83. The number of nitrogens with one attached hydrogen (secondary N) is 2. The van der Waals surface area contributed by atoms with Crippen molar-refractivity contribution in [3.63, 3.8) is 0 Å². The van der Waals surface area contributed by atoms with Crippen molar-refractivity contribution in [1.82, 2.24) is 20.2 Å². The summed E-state index contributed by atoms with van der Waals surface area (Å²) in [6.45, 7) is 8.59. The second-order valence-corrected chi connectivity index (χ2v) is 8.36. The first kappa shape index (κ1) is 20.4. The molecule has 1 aromatic carbocycles. The van der Waals surface area contributed by atoms with E-state index in [1.165, 1.54) is 0 Å². The van der Waals surface area contributed by atoms with Crippen molar-refractivity contribution >= 4 is 16.8 Å². The Kier molecular flexibility index (Phi) is 6.04. The third-order valence-corrected chi connectivity index (χ3v) is 5.88. The van der Waals surface area contributed by atoms with Gasteiger partial charge in [0, 0.05) is 42.4 Å². The molecule has 0 radical (unpaired) electrons. The molecule has 2 aromatic heterocycles. The monoisotopic (exact) mass is 406 g/mol. The van der Waals surface area contributed by atoms with E-state index >= 15 is 0 Å². The van der Waals surface area contributed by atoms with E-state index in [0.29, 0.717) is 11.7 Å². The number of benzene rings is 1. The van der Waals surface area contributed by atoms with Crippen LogP contribution >= 0.6 is 0 Å². The normalized spacial score (nSPS) is 16.7. The predicted octanol–water partition coefficient (Wildman–Crippen LogP) is 4.31. The lowest BCUT2D eigenvalue weighted by Gasteiger charge is -2.34. The van der Waals surface area contributed by atoms with Gasteiger partial charge in [-0.15, -0.1) is 0 Å². The lowest BCUT2D eigenvalue weighted by atomic mass is 10.1. The van der Waals surface area contributed by atoms with Crippen LogP contribution in [-0.4, -0.2) is 46.0 Å². The second-order valence-electron chi connectivity index (χ2n) is 8.36. The second kappa shape index (κ2) is 8.88. The van der Waals surface area contributed by atoms with E-state index in [2.05, 4.69) is 34.0 Å². The average molecular weight is 407 g/mol. The van der Waals surface area contributed by atoms with E-state index in [9.17, 15) is 4.79 Å². The van der Waals surface area contributed by atoms with Crippen molar-refractivity contribution in [3.8, 4) is 5.75 Å². The van der Waals surface area contributed by atoms with Crippen molar-refractivity contribution < 1.29 is 9.53 Å². The molecule has 3 aromatic rings. The first-order valence-electron chi connectivity index (χ1n) is 10.7. The molecule has 1 aliphatic heterocycles. The molecule has 3 heterocycles. The molecule has 0 bridgehead atoms. The Morgan fingerprint density at radius 3 is 2.70 bits per heavy atom. The van der Waals surface area contributed by atoms with Crippen molar-refractivity contribution in [1.29, 1.82) is 0 Å². The van der Waals surface area contributed by atoms with Gasteiger partial charge in [-0.3, -0.25) is 9.78 Å². The van der Waals surface area contributed by atoms with E-state index in [0.717, 1.165) is 48.1 Å². The topological polar surface area (TPSA) is 70.2 Å². The van der Waals surface area contributed by atoms with Gasteiger partial charge in [0.25, 0.3) is 5.91 Å². The molecule has 0 aliphatic carbocycles. The third-order valence-electron chi connectivity index (χ3n) is 5.88. The number of H-pyrrole nitrogens is 1. The van der Waals surface area contributed by atoms with Gasteiger partial charge >= 0.3 is 0 Å². The smallest absolute Gasteiger partial charge is 0.268 e. The van der Waals surface area contributed by atoms with Crippen LogP contribution in [0, 0.1) is 0 Å². The van der Waals surface area contributed by atoms with Gasteiger partial charge in [0.1, 0.15) is 17.5 Å². The molecule has 1 atom stereocenters. The van der Waals surface area contributed by atoms with Gasteiger partial charge in [0.2, 0.25) is 0 Å². The number of amides is 1. The number of rotatable bonds is 6. The van der Waals surface area contributed by atoms with Gasteiger partial charge in [0.15, 0.2) is 0 Å². The molecule has 0 spiro atoms. The van der Waals surface area contributed by atoms with Crippen LogP contribution in [0.15, 0.2) is 48.8 Å². The fourth-order valence-corrected chi connectivity index (χ4v) is 4.00. The molecule has 1 fully saturated rings. The molecule has 4 rings (SSSR count). The van der Waals surface area contributed by atoms with Gasteiger partial charge in [-0.1, -0.05) is 6.07 Å². The third kappa shape index (κ3) is 4.65. The zero-order chi connectivity index (χ0) is 21.1. The highest BCUT2D eigenvalue weighted by molar-refractivity contribution is 5.98. The number of carbonyl (C=O) groups excluding carboxylic acids is 1. The number of pyridine rings is 1. The van der Waals surface area contributed by atoms with E-state index in [1.54, 1.807) is 12.4 Å². The van der Waals surface area contributed by atoms with Gasteiger partial charge in [-0.25, -0.2) is 0 Å². The quantitative estimate of drug-likeness (QED) is 0.640. The Balaban J connectivity index is 1.40. The van der Waals surface area contributed by atoms with Crippen molar-refractivity contribution in [2.45, 2.75) is 51.8 Å². The molecule has 1 aliphatic rings. The zero-order valence-electron chi connectivity index (χ0n) is 17.9. The fourth-order valence-electron chi connectivity index (χ4n) is 4.00. The number of hydrogen-bond acceptors (Lipinski definition) is 4. The summed E-state index contributed by atoms with van der Waals surface area (Å²) >= 11 is 0. The Bertz CT molecular complexity index is 991. The number of aromatic amines is 1. The summed E-state index contributed by atoms with van der Waals surface area (Å²) in [5.74, 6) is 0.728. The fraction of sp³-hybridized carbons (Fsp3) is 0.417. The molecular formula is C24H30N4O2. The zero-order valence-corrected chi connectivity index (χ0v) is 17.9. The summed E-state index contributed by atoms with van der Waals surface area (Å²) in [4.78, 5) is 22.5. The number of carbonyl (C=O) groups is 1. The Hall–Kier alpha value is -2.86. The highest BCUT2D eigenvalue weighted by Gasteiger charge is 2.22. The van der Waals surface area contributed by atoms with Crippen LogP contribution in [0.2, 0.25) is 0 Å². The summed E-state index contributed by atoms with van der Waals surface area (Å²) in [5, 5.41) is 4.00. The van der Waals surface area contributed by atoms with Crippen LogP contribution < -0.4 is 10.1 Å². The largest absolute Gasteiger partial charge is 0.490 e. The summed E-state index contributed by atoms with van der Waals surface area (Å²) in [7, 11) is 0. The van der Waals surface area contributed by atoms with E-state index in [-0.39, 0.29) is 18.1 Å². The average Bonchev–Trinajstić information content (AvgIpc) is 3.18. The van der Waals surface area contributed by atoms with E-state index in [1.807, 2.05) is 43.3 Å². The van der Waals surface area contributed by atoms with Crippen LogP contribution in [0.5, 0.6) is 5.75 Å². The maximum absolute atomic E-state index is 12.7. The number of fused-ring (bicyclic) bond motifs is 1. The van der Waals surface area contributed by atoms with Crippen LogP contribution in [-0.2, 0) is 0 Å². The number of ether oxygens (including phenoxy) is 1. The minimum Gasteiger partial charge on any atom is -0.490 e. The molecule has 1 unspecified atom stereocenters. The molecule has 2 N–H and O–H groups in total. The predicted molar refractivity (Wildman–Crippen MR) is 119 cm³/mol. The SMILES string of the molecule is CC(NC(=O)c1cc2cc(OC3CCN(C(C)C)CC3)ccc2[nH]1)c1cccnc1. The Morgan fingerprint density at radius 2 is 2.00 bits per heavy atom. The highest BCUT2D eigenvalue weighted by atomic mass is 16.5. The lowest BCUT2D eigenvalue weighted by Crippen LogP contribution is -2.41. The molecule has 1 saturated heterocycles. The first-order valence-corrected chi connectivity index (χ1v) is 10.7. The lowest BCUT2D eigenvalue weighted by molar-refractivity contribution is 0.0844. The Labute approximate surface area is 177 Å². The van der Waals surface area contributed by atoms with Crippen LogP contribution in [0.4, 0.5) is 0 Å². The summed E-state index contributed by atoms with van der Waals surface area (Å²) in [5.41, 5.74) is 2.44. The molecular weight excluding hydrogens is 376 g/mol. The summed E-state index contributed by atoms with van der Waals surface area (Å²) < 4.78 is 6.24. The van der Waals surface area contributed by atoms with Crippen molar-refractivity contribution in [2.24, 2.45) is 0 Å².